The number of carbonyl (C=O) groups is 2. The van der Waals surface area contributed by atoms with E-state index < -0.39 is 5.97 Å². The van der Waals surface area contributed by atoms with Crippen molar-refractivity contribution in [2.45, 2.75) is 52.5 Å². The SMILES string of the molecule is CC1CCC(C(=O)N(c2ccc(Oc3cncc(N4CCOCC4)n3)cc2C(=O)O)C(C)C)CC1. The fraction of sp³-hybridized carbons (Fsp3) is 0.538. The predicted molar refractivity (Wildman–Crippen MR) is 132 cm³/mol. The molecule has 2 heterocycles. The molecule has 1 amide bonds. The van der Waals surface area contributed by atoms with Crippen molar-refractivity contribution in [2.75, 3.05) is 36.1 Å². The Kier molecular flexibility index (Phi) is 7.85. The lowest BCUT2D eigenvalue weighted by Crippen LogP contribution is -2.42. The van der Waals surface area contributed by atoms with Gasteiger partial charge in [-0.15, -0.1) is 0 Å². The highest BCUT2D eigenvalue weighted by atomic mass is 16.5. The van der Waals surface area contributed by atoms with E-state index in [1.54, 1.807) is 23.2 Å². The summed E-state index contributed by atoms with van der Waals surface area (Å²) in [7, 11) is 0. The Morgan fingerprint density at radius 1 is 1.14 bits per heavy atom. The fourth-order valence-electron chi connectivity index (χ4n) is 4.77. The van der Waals surface area contributed by atoms with E-state index >= 15 is 0 Å². The van der Waals surface area contributed by atoms with Gasteiger partial charge < -0.3 is 24.4 Å². The zero-order valence-corrected chi connectivity index (χ0v) is 20.6. The van der Waals surface area contributed by atoms with Gasteiger partial charge in [0.15, 0.2) is 5.82 Å². The normalized spacial score (nSPS) is 20.5. The number of benzene rings is 1. The second-order valence-corrected chi connectivity index (χ2v) is 9.66. The molecule has 1 aromatic heterocycles. The third kappa shape index (κ3) is 5.90. The number of nitrogens with zero attached hydrogens (tertiary/aromatic N) is 4. The van der Waals surface area contributed by atoms with Crippen molar-refractivity contribution in [3.05, 3.63) is 36.2 Å². The number of carboxylic acids is 1. The molecule has 188 valence electrons. The molecule has 1 saturated carbocycles. The molecule has 0 unspecified atom stereocenters. The first-order chi connectivity index (χ1) is 16.8. The summed E-state index contributed by atoms with van der Waals surface area (Å²) >= 11 is 0. The van der Waals surface area contributed by atoms with Crippen molar-refractivity contribution in [1.29, 1.82) is 0 Å². The molecule has 2 aliphatic rings. The van der Waals surface area contributed by atoms with Crippen molar-refractivity contribution in [3.8, 4) is 11.6 Å². The minimum atomic E-state index is -1.12. The summed E-state index contributed by atoms with van der Waals surface area (Å²) in [6, 6.07) is 4.60. The first-order valence-corrected chi connectivity index (χ1v) is 12.4. The first kappa shape index (κ1) is 24.9. The van der Waals surface area contributed by atoms with Crippen LogP contribution in [0.25, 0.3) is 0 Å². The molecule has 0 spiro atoms. The standard InChI is InChI=1S/C26H34N4O5/c1-17(2)30(25(31)19-6-4-18(3)5-7-19)22-9-8-20(14-21(22)26(32)33)35-24-16-27-15-23(28-24)29-10-12-34-13-11-29/h8-9,14-19H,4-7,10-13H2,1-3H3,(H,32,33). The van der Waals surface area contributed by atoms with Crippen molar-refractivity contribution >= 4 is 23.4 Å². The predicted octanol–water partition coefficient (Wildman–Crippen LogP) is 4.37. The van der Waals surface area contributed by atoms with Crippen LogP contribution in [-0.2, 0) is 9.53 Å². The van der Waals surface area contributed by atoms with E-state index in [0.717, 1.165) is 38.8 Å². The second kappa shape index (κ2) is 11.0. The Hall–Kier alpha value is -3.20. The lowest BCUT2D eigenvalue weighted by atomic mass is 9.82. The number of carbonyl (C=O) groups excluding carboxylic acids is 1. The maximum atomic E-state index is 13.5. The number of rotatable bonds is 7. The summed E-state index contributed by atoms with van der Waals surface area (Å²) in [5.41, 5.74) is 0.405. The average Bonchev–Trinajstić information content (AvgIpc) is 2.85. The molecule has 1 aromatic carbocycles. The highest BCUT2D eigenvalue weighted by Crippen LogP contribution is 2.34. The van der Waals surface area contributed by atoms with Gasteiger partial charge in [0, 0.05) is 25.0 Å². The van der Waals surface area contributed by atoms with Gasteiger partial charge in [0.1, 0.15) is 5.75 Å². The Morgan fingerprint density at radius 3 is 2.51 bits per heavy atom. The van der Waals surface area contributed by atoms with Gasteiger partial charge in [-0.3, -0.25) is 9.78 Å². The molecule has 9 nitrogen and oxygen atoms in total. The van der Waals surface area contributed by atoms with Gasteiger partial charge in [-0.1, -0.05) is 6.92 Å². The summed E-state index contributed by atoms with van der Waals surface area (Å²) in [4.78, 5) is 38.1. The Balaban J connectivity index is 1.57. The van der Waals surface area contributed by atoms with E-state index in [2.05, 4.69) is 21.8 Å². The lowest BCUT2D eigenvalue weighted by molar-refractivity contribution is -0.123. The van der Waals surface area contributed by atoms with Crippen LogP contribution in [0.1, 0.15) is 56.8 Å². The van der Waals surface area contributed by atoms with Gasteiger partial charge in [-0.25, -0.2) is 4.79 Å². The minimum Gasteiger partial charge on any atom is -0.478 e. The number of hydrogen-bond donors (Lipinski definition) is 1. The van der Waals surface area contributed by atoms with Crippen molar-refractivity contribution in [3.63, 3.8) is 0 Å². The zero-order chi connectivity index (χ0) is 24.9. The average molecular weight is 483 g/mol. The van der Waals surface area contributed by atoms with E-state index in [0.29, 0.717) is 36.4 Å². The molecule has 2 aromatic rings. The molecule has 9 heteroatoms. The number of aromatic nitrogens is 2. The molecule has 4 rings (SSSR count). The summed E-state index contributed by atoms with van der Waals surface area (Å²) in [5, 5.41) is 9.99. The number of hydrogen-bond acceptors (Lipinski definition) is 7. The van der Waals surface area contributed by atoms with Gasteiger partial charge in [0.2, 0.25) is 11.8 Å². The monoisotopic (exact) mass is 482 g/mol. The molecule has 1 N–H and O–H groups in total. The van der Waals surface area contributed by atoms with Gasteiger partial charge in [-0.2, -0.15) is 4.98 Å². The molecular formula is C26H34N4O5. The Bertz CT molecular complexity index is 1050. The van der Waals surface area contributed by atoms with Crippen LogP contribution < -0.4 is 14.5 Å². The van der Waals surface area contributed by atoms with E-state index in [-0.39, 0.29) is 29.3 Å². The van der Waals surface area contributed by atoms with E-state index in [9.17, 15) is 14.7 Å². The molecule has 35 heavy (non-hydrogen) atoms. The van der Waals surface area contributed by atoms with E-state index in [1.165, 1.54) is 12.3 Å². The number of amides is 1. The van der Waals surface area contributed by atoms with Gasteiger partial charge in [0.05, 0.1) is 36.9 Å². The van der Waals surface area contributed by atoms with Crippen LogP contribution in [0.15, 0.2) is 30.6 Å². The smallest absolute Gasteiger partial charge is 0.337 e. The summed E-state index contributed by atoms with van der Waals surface area (Å²) in [6.07, 6.45) is 6.88. The van der Waals surface area contributed by atoms with Crippen LogP contribution in [0.4, 0.5) is 11.5 Å². The van der Waals surface area contributed by atoms with Crippen LogP contribution in [0.5, 0.6) is 11.6 Å². The fourth-order valence-corrected chi connectivity index (χ4v) is 4.77. The second-order valence-electron chi connectivity index (χ2n) is 9.66. The molecule has 1 aliphatic heterocycles. The molecule has 1 saturated heterocycles. The molecule has 1 aliphatic carbocycles. The quantitative estimate of drug-likeness (QED) is 0.620. The van der Waals surface area contributed by atoms with E-state index in [1.807, 2.05) is 13.8 Å². The largest absolute Gasteiger partial charge is 0.478 e. The third-order valence-electron chi connectivity index (χ3n) is 6.73. The van der Waals surface area contributed by atoms with Crippen molar-refractivity contribution in [1.82, 2.24) is 9.97 Å². The summed E-state index contributed by atoms with van der Waals surface area (Å²) in [5.74, 6) is 0.695. The molecule has 0 radical (unpaired) electrons. The number of morpholine rings is 1. The Labute approximate surface area is 206 Å². The summed E-state index contributed by atoms with van der Waals surface area (Å²) < 4.78 is 11.3. The molecular weight excluding hydrogens is 448 g/mol. The van der Waals surface area contributed by atoms with Crippen molar-refractivity contribution < 1.29 is 24.2 Å². The first-order valence-electron chi connectivity index (χ1n) is 12.4. The van der Waals surface area contributed by atoms with Crippen LogP contribution in [0, 0.1) is 11.8 Å². The third-order valence-corrected chi connectivity index (χ3v) is 6.73. The van der Waals surface area contributed by atoms with Crippen LogP contribution in [0.2, 0.25) is 0 Å². The number of carboxylic acid groups (broad SMARTS) is 1. The van der Waals surface area contributed by atoms with E-state index in [4.69, 9.17) is 9.47 Å². The maximum absolute atomic E-state index is 13.5. The number of ether oxygens (including phenoxy) is 2. The van der Waals surface area contributed by atoms with Crippen LogP contribution in [-0.4, -0.2) is 59.3 Å². The lowest BCUT2D eigenvalue weighted by Gasteiger charge is -2.34. The zero-order valence-electron chi connectivity index (χ0n) is 20.6. The van der Waals surface area contributed by atoms with Crippen molar-refractivity contribution in [2.24, 2.45) is 11.8 Å². The highest BCUT2D eigenvalue weighted by molar-refractivity contribution is 6.03. The number of aromatic carboxylic acids is 1. The molecule has 2 fully saturated rings. The van der Waals surface area contributed by atoms with Crippen LogP contribution >= 0.6 is 0 Å². The van der Waals surface area contributed by atoms with Gasteiger partial charge in [0.25, 0.3) is 0 Å². The van der Waals surface area contributed by atoms with Gasteiger partial charge in [-0.05, 0) is 63.6 Å². The highest BCUT2D eigenvalue weighted by Gasteiger charge is 2.32. The number of anilines is 2. The molecule has 0 atom stereocenters. The Morgan fingerprint density at radius 2 is 1.86 bits per heavy atom. The maximum Gasteiger partial charge on any atom is 0.337 e. The van der Waals surface area contributed by atoms with Crippen LogP contribution in [0.3, 0.4) is 0 Å². The topological polar surface area (TPSA) is 105 Å². The van der Waals surface area contributed by atoms with Gasteiger partial charge >= 0.3 is 5.97 Å². The summed E-state index contributed by atoms with van der Waals surface area (Å²) in [6.45, 7) is 8.72. The minimum absolute atomic E-state index is 0.00727. The molecule has 0 bridgehead atoms.